The van der Waals surface area contributed by atoms with Crippen molar-refractivity contribution in [2.24, 2.45) is 50.7 Å². The van der Waals surface area contributed by atoms with Gasteiger partial charge in [0.15, 0.2) is 5.78 Å². The van der Waals surface area contributed by atoms with E-state index in [1.165, 1.54) is 12.7 Å². The normalized spacial score (nSPS) is 48.6. The smallest absolute Gasteiger partial charge is 0.312 e. The first kappa shape index (κ1) is 25.2. The molecule has 2 unspecified atom stereocenters. The molecule has 0 saturated heterocycles. The summed E-state index contributed by atoms with van der Waals surface area (Å²) in [6.45, 7) is 11.4. The maximum atomic E-state index is 14.2. The summed E-state index contributed by atoms with van der Waals surface area (Å²) in [5.74, 6) is -0.207. The monoisotopic (exact) mass is 484 g/mol. The van der Waals surface area contributed by atoms with E-state index in [4.69, 9.17) is 4.74 Å². The summed E-state index contributed by atoms with van der Waals surface area (Å²) >= 11 is 0. The molecule has 0 aromatic heterocycles. The van der Waals surface area contributed by atoms with Gasteiger partial charge in [-0.15, -0.1) is 0 Å². The van der Waals surface area contributed by atoms with Crippen molar-refractivity contribution in [1.82, 2.24) is 0 Å². The molecule has 0 spiro atoms. The van der Waals surface area contributed by atoms with E-state index < -0.39 is 5.41 Å². The molecule has 0 heterocycles. The van der Waals surface area contributed by atoms with E-state index in [1.54, 1.807) is 0 Å². The van der Waals surface area contributed by atoms with Gasteiger partial charge >= 0.3 is 5.97 Å². The molecule has 194 valence electrons. The van der Waals surface area contributed by atoms with Crippen molar-refractivity contribution in [1.29, 1.82) is 0 Å². The molecule has 5 nitrogen and oxygen atoms in total. The van der Waals surface area contributed by atoms with Gasteiger partial charge in [-0.3, -0.25) is 14.4 Å². The number of Topliss-reactive ketones (excluding diaryl/α,β-unsaturated/α-hetero) is 1. The maximum Gasteiger partial charge on any atom is 0.312 e. The number of rotatable bonds is 2. The molecule has 4 fully saturated rings. The minimum Gasteiger partial charge on any atom is -0.469 e. The van der Waals surface area contributed by atoms with Gasteiger partial charge in [0.1, 0.15) is 5.78 Å². The lowest BCUT2D eigenvalue weighted by Gasteiger charge is -2.68. The van der Waals surface area contributed by atoms with Crippen LogP contribution < -0.4 is 0 Å². The number of aliphatic hydroxyl groups is 1. The third kappa shape index (κ3) is 3.12. The summed E-state index contributed by atoms with van der Waals surface area (Å²) in [5, 5.41) is 10.1. The minimum absolute atomic E-state index is 0.0109. The van der Waals surface area contributed by atoms with E-state index in [0.717, 1.165) is 51.4 Å². The Labute approximate surface area is 210 Å². The van der Waals surface area contributed by atoms with E-state index >= 15 is 0 Å². The van der Waals surface area contributed by atoms with Crippen molar-refractivity contribution in [2.45, 2.75) is 92.4 Å². The summed E-state index contributed by atoms with van der Waals surface area (Å²) in [4.78, 5) is 40.2. The number of ether oxygens (including phenoxy) is 1. The van der Waals surface area contributed by atoms with Gasteiger partial charge in [0.25, 0.3) is 0 Å². The molecule has 0 aromatic rings. The summed E-state index contributed by atoms with van der Waals surface area (Å²) in [5.41, 5.74) is 0.0893. The molecular weight excluding hydrogens is 440 g/mol. The van der Waals surface area contributed by atoms with Crippen LogP contribution in [-0.4, -0.2) is 36.4 Å². The third-order valence-electron chi connectivity index (χ3n) is 12.3. The summed E-state index contributed by atoms with van der Waals surface area (Å²) in [6.07, 6.45) is 9.27. The fraction of sp³-hybridized carbons (Fsp3) is 0.833. The average molecular weight is 485 g/mol. The SMILES string of the molecule is COC(=O)[C@]12CCC(C)(C)CC1C1C(=O)C=C3[C@@]4(C)CCC(=O)[C@@H](CO)[C@@H]4CC[C@@]3(C)[C@]1(C)CC2. The van der Waals surface area contributed by atoms with Crippen LogP contribution in [-0.2, 0) is 19.1 Å². The van der Waals surface area contributed by atoms with Gasteiger partial charge in [0.05, 0.1) is 19.1 Å². The van der Waals surface area contributed by atoms with Crippen molar-refractivity contribution in [3.63, 3.8) is 0 Å². The number of carbonyl (C=O) groups excluding carboxylic acids is 3. The van der Waals surface area contributed by atoms with Gasteiger partial charge < -0.3 is 9.84 Å². The molecule has 0 radical (unpaired) electrons. The first-order valence-electron chi connectivity index (χ1n) is 13.8. The van der Waals surface area contributed by atoms with Crippen LogP contribution in [0.1, 0.15) is 92.4 Å². The van der Waals surface area contributed by atoms with Crippen molar-refractivity contribution in [3.05, 3.63) is 11.6 Å². The average Bonchev–Trinajstić information content (AvgIpc) is 2.80. The Bertz CT molecular complexity index is 995. The molecule has 5 aliphatic carbocycles. The van der Waals surface area contributed by atoms with Crippen LogP contribution in [0.2, 0.25) is 0 Å². The van der Waals surface area contributed by atoms with Crippen molar-refractivity contribution in [2.75, 3.05) is 13.7 Å². The van der Waals surface area contributed by atoms with Crippen LogP contribution >= 0.6 is 0 Å². The Morgan fingerprint density at radius 2 is 1.69 bits per heavy atom. The largest absolute Gasteiger partial charge is 0.469 e. The second kappa shape index (κ2) is 7.76. The highest BCUT2D eigenvalue weighted by Gasteiger charge is 2.70. The third-order valence-corrected chi connectivity index (χ3v) is 12.3. The van der Waals surface area contributed by atoms with Crippen molar-refractivity contribution < 1.29 is 24.2 Å². The Balaban J connectivity index is 1.64. The molecule has 5 rings (SSSR count). The number of esters is 1. The topological polar surface area (TPSA) is 80.7 Å². The lowest BCUT2D eigenvalue weighted by Crippen LogP contribution is -2.65. The van der Waals surface area contributed by atoms with Gasteiger partial charge in [-0.1, -0.05) is 40.2 Å². The summed E-state index contributed by atoms with van der Waals surface area (Å²) in [7, 11) is 1.49. The molecule has 0 aromatic carbocycles. The first-order chi connectivity index (χ1) is 16.3. The molecule has 4 saturated carbocycles. The second-order valence-electron chi connectivity index (χ2n) is 14.1. The minimum atomic E-state index is -0.563. The molecular formula is C30H44O5. The zero-order chi connectivity index (χ0) is 25.6. The van der Waals surface area contributed by atoms with E-state index in [-0.39, 0.29) is 69.5 Å². The molecule has 8 atom stereocenters. The Morgan fingerprint density at radius 3 is 2.34 bits per heavy atom. The molecule has 5 aliphatic rings. The highest BCUT2D eigenvalue weighted by atomic mass is 16.5. The number of hydrogen-bond donors (Lipinski definition) is 1. The fourth-order valence-corrected chi connectivity index (χ4v) is 10.0. The van der Waals surface area contributed by atoms with E-state index in [1.807, 2.05) is 6.08 Å². The van der Waals surface area contributed by atoms with Gasteiger partial charge in [0, 0.05) is 18.3 Å². The van der Waals surface area contributed by atoms with E-state index in [2.05, 4.69) is 34.6 Å². The number of ketones is 2. The zero-order valence-electron chi connectivity index (χ0n) is 22.5. The van der Waals surface area contributed by atoms with Crippen molar-refractivity contribution in [3.8, 4) is 0 Å². The quantitative estimate of drug-likeness (QED) is 0.539. The lowest BCUT2D eigenvalue weighted by molar-refractivity contribution is -0.191. The van der Waals surface area contributed by atoms with Crippen LogP contribution in [0.25, 0.3) is 0 Å². The maximum absolute atomic E-state index is 14.2. The number of fused-ring (bicyclic) bond motifs is 7. The van der Waals surface area contributed by atoms with E-state index in [9.17, 15) is 19.5 Å². The predicted octanol–water partition coefficient (Wildman–Crippen LogP) is 5.29. The Morgan fingerprint density at radius 1 is 1.00 bits per heavy atom. The highest BCUT2D eigenvalue weighted by molar-refractivity contribution is 5.96. The molecule has 0 bridgehead atoms. The summed E-state index contributed by atoms with van der Waals surface area (Å²) in [6, 6.07) is 0. The van der Waals surface area contributed by atoms with Gasteiger partial charge in [-0.05, 0) is 90.9 Å². The number of allylic oxidation sites excluding steroid dienone is 2. The van der Waals surface area contributed by atoms with Gasteiger partial charge in [-0.2, -0.15) is 0 Å². The first-order valence-corrected chi connectivity index (χ1v) is 13.8. The van der Waals surface area contributed by atoms with Crippen LogP contribution in [0, 0.1) is 50.7 Å². The van der Waals surface area contributed by atoms with Gasteiger partial charge in [0.2, 0.25) is 0 Å². The predicted molar refractivity (Wildman–Crippen MR) is 133 cm³/mol. The van der Waals surface area contributed by atoms with Crippen LogP contribution in [0.5, 0.6) is 0 Å². The highest BCUT2D eigenvalue weighted by Crippen LogP contribution is 2.74. The Hall–Kier alpha value is -1.49. The number of aliphatic hydroxyl groups excluding tert-OH is 1. The number of hydrogen-bond acceptors (Lipinski definition) is 5. The lowest BCUT2D eigenvalue weighted by atomic mass is 9.34. The van der Waals surface area contributed by atoms with Crippen LogP contribution in [0.4, 0.5) is 0 Å². The fourth-order valence-electron chi connectivity index (χ4n) is 10.0. The molecule has 0 amide bonds. The Kier molecular flexibility index (Phi) is 5.58. The molecule has 5 heteroatoms. The number of methoxy groups -OCH3 is 1. The van der Waals surface area contributed by atoms with Crippen molar-refractivity contribution >= 4 is 17.5 Å². The molecule has 0 aliphatic heterocycles. The zero-order valence-corrected chi connectivity index (χ0v) is 22.5. The van der Waals surface area contributed by atoms with Crippen LogP contribution in [0.3, 0.4) is 0 Å². The second-order valence-corrected chi connectivity index (χ2v) is 14.1. The van der Waals surface area contributed by atoms with E-state index in [0.29, 0.717) is 6.42 Å². The molecule has 35 heavy (non-hydrogen) atoms. The van der Waals surface area contributed by atoms with Gasteiger partial charge in [-0.25, -0.2) is 0 Å². The standard InChI is InChI=1S/C30H44O5/c1-26(2)11-13-30(25(34)35-6)14-12-29(5)24(20(30)16-26)22(33)15-23-27(3)9-8-21(32)18(17-31)19(27)7-10-28(23,29)4/h15,18-20,24,31H,7-14,16-17H2,1-6H3/t18-,19-,20?,24?,27-,28+,29+,30-/m0/s1. The summed E-state index contributed by atoms with van der Waals surface area (Å²) < 4.78 is 5.40. The van der Waals surface area contributed by atoms with Crippen LogP contribution in [0.15, 0.2) is 11.6 Å². The number of carbonyl (C=O) groups is 3. The molecule has 1 N–H and O–H groups in total.